The molecule has 0 atom stereocenters. The summed E-state index contributed by atoms with van der Waals surface area (Å²) in [5.74, 6) is 0.242. The summed E-state index contributed by atoms with van der Waals surface area (Å²) < 4.78 is 49.0. The third kappa shape index (κ3) is 9.09. The van der Waals surface area contributed by atoms with E-state index in [1.54, 1.807) is 4.57 Å². The molecule has 2 N–H and O–H groups in total. The zero-order chi connectivity index (χ0) is 24.8. The predicted octanol–water partition coefficient (Wildman–Crippen LogP) is 2.65. The lowest BCUT2D eigenvalue weighted by molar-refractivity contribution is -0.0259. The molecule has 15 nitrogen and oxygen atoms in total. The molecule has 0 amide bonds. The SMILES string of the molecule is CCCOC(=O)OCOP(=O)(COCCn1cnc2c(N)ncnc21)OCOC(=O)OCCC. The molecule has 0 radical (unpaired) electrons. The lowest BCUT2D eigenvalue weighted by Crippen LogP contribution is -2.15. The number of rotatable bonds is 15. The second-order valence-corrected chi connectivity index (χ2v) is 8.49. The third-order valence-electron chi connectivity index (χ3n) is 3.86. The van der Waals surface area contributed by atoms with E-state index in [0.717, 1.165) is 0 Å². The molecule has 0 aliphatic rings. The molecular weight excluding hydrogens is 477 g/mol. The summed E-state index contributed by atoms with van der Waals surface area (Å²) in [6.07, 6.45) is 1.49. The Hall–Kier alpha value is -3.00. The van der Waals surface area contributed by atoms with Gasteiger partial charge in [-0.3, -0.25) is 13.6 Å². The highest BCUT2D eigenvalue weighted by Gasteiger charge is 2.27. The molecule has 0 bridgehead atoms. The first-order valence-corrected chi connectivity index (χ1v) is 12.1. The first-order valence-electron chi connectivity index (χ1n) is 10.3. The van der Waals surface area contributed by atoms with Crippen LogP contribution in [0.1, 0.15) is 26.7 Å². The highest BCUT2D eigenvalue weighted by Crippen LogP contribution is 2.48. The van der Waals surface area contributed by atoms with Gasteiger partial charge in [0, 0.05) is 6.54 Å². The minimum absolute atomic E-state index is 0.0604. The van der Waals surface area contributed by atoms with Gasteiger partial charge < -0.3 is 34.0 Å². The normalized spacial score (nSPS) is 11.4. The Morgan fingerprint density at radius 3 is 2.15 bits per heavy atom. The lowest BCUT2D eigenvalue weighted by Gasteiger charge is -2.18. The summed E-state index contributed by atoms with van der Waals surface area (Å²) in [5, 5.41) is 0. The molecule has 0 aliphatic heterocycles. The molecule has 0 spiro atoms. The predicted molar refractivity (Wildman–Crippen MR) is 116 cm³/mol. The number of hydrogen-bond acceptors (Lipinski definition) is 14. The number of ether oxygens (including phenoxy) is 5. The highest BCUT2D eigenvalue weighted by molar-refractivity contribution is 7.53. The van der Waals surface area contributed by atoms with E-state index in [1.165, 1.54) is 12.7 Å². The van der Waals surface area contributed by atoms with Gasteiger partial charge in [-0.1, -0.05) is 13.8 Å². The monoisotopic (exact) mass is 505 g/mol. The molecule has 0 aliphatic carbocycles. The Kier molecular flexibility index (Phi) is 11.5. The van der Waals surface area contributed by atoms with Gasteiger partial charge in [0.15, 0.2) is 11.5 Å². The maximum atomic E-state index is 12.9. The van der Waals surface area contributed by atoms with Crippen molar-refractivity contribution in [3.8, 4) is 0 Å². The Balaban J connectivity index is 1.86. The minimum Gasteiger partial charge on any atom is -0.434 e. The number of nitrogens with zero attached hydrogens (tertiary/aromatic N) is 4. The van der Waals surface area contributed by atoms with Crippen LogP contribution >= 0.6 is 7.60 Å². The Morgan fingerprint density at radius 2 is 1.56 bits per heavy atom. The van der Waals surface area contributed by atoms with Crippen molar-refractivity contribution in [2.24, 2.45) is 0 Å². The number of imidazole rings is 1. The van der Waals surface area contributed by atoms with E-state index in [2.05, 4.69) is 24.4 Å². The van der Waals surface area contributed by atoms with E-state index in [0.29, 0.717) is 24.0 Å². The molecule has 34 heavy (non-hydrogen) atoms. The number of nitrogens with two attached hydrogens (primary N) is 1. The van der Waals surface area contributed by atoms with E-state index in [1.807, 2.05) is 13.8 Å². The number of carbonyl (C=O) groups excluding carboxylic acids is 2. The average Bonchev–Trinajstić information content (AvgIpc) is 3.23. The zero-order valence-electron chi connectivity index (χ0n) is 18.9. The van der Waals surface area contributed by atoms with E-state index < -0.39 is 39.8 Å². The van der Waals surface area contributed by atoms with Crippen LogP contribution in [0, 0.1) is 0 Å². The fraction of sp³-hybridized carbons (Fsp3) is 0.611. The van der Waals surface area contributed by atoms with Crippen LogP contribution in [-0.4, -0.2) is 71.6 Å². The summed E-state index contributed by atoms with van der Waals surface area (Å²) in [6.45, 7) is 2.81. The number of anilines is 1. The number of fused-ring (bicyclic) bond motifs is 1. The number of aromatic nitrogens is 4. The van der Waals surface area contributed by atoms with Gasteiger partial charge in [0.05, 0.1) is 26.1 Å². The standard InChI is InChI=1S/C18H28N5O10P/c1-3-6-28-17(24)30-11-32-34(26,33-12-31-18(25)29-7-4-2)13-27-8-5-23-10-22-14-15(19)20-9-21-16(14)23/h9-10H,3-8,11-13H2,1-2H3,(H2,19,20,21). The summed E-state index contributed by atoms with van der Waals surface area (Å²) in [7, 11) is -4.00. The van der Waals surface area contributed by atoms with E-state index in [4.69, 9.17) is 29.0 Å². The van der Waals surface area contributed by atoms with Crippen LogP contribution < -0.4 is 5.73 Å². The number of carbonyl (C=O) groups is 2. The van der Waals surface area contributed by atoms with E-state index >= 15 is 0 Å². The quantitative estimate of drug-likeness (QED) is 0.161. The van der Waals surface area contributed by atoms with Gasteiger partial charge in [0.1, 0.15) is 18.2 Å². The van der Waals surface area contributed by atoms with Gasteiger partial charge in [-0.25, -0.2) is 24.5 Å². The Labute approximate surface area is 195 Å². The second kappa shape index (κ2) is 14.3. The van der Waals surface area contributed by atoms with Crippen LogP contribution in [0.3, 0.4) is 0 Å². The van der Waals surface area contributed by atoms with Crippen molar-refractivity contribution in [1.29, 1.82) is 0 Å². The molecule has 2 aromatic heterocycles. The van der Waals surface area contributed by atoms with Gasteiger partial charge in [-0.2, -0.15) is 0 Å². The smallest absolute Gasteiger partial charge is 0.434 e. The average molecular weight is 505 g/mol. The minimum atomic E-state index is -4.00. The van der Waals surface area contributed by atoms with Crippen LogP contribution in [0.25, 0.3) is 11.2 Å². The molecule has 0 unspecified atom stereocenters. The highest BCUT2D eigenvalue weighted by atomic mass is 31.2. The van der Waals surface area contributed by atoms with Gasteiger partial charge >= 0.3 is 19.9 Å². The molecule has 0 saturated heterocycles. The van der Waals surface area contributed by atoms with Crippen molar-refractivity contribution < 1.29 is 46.9 Å². The van der Waals surface area contributed by atoms with Gasteiger partial charge in [-0.15, -0.1) is 0 Å². The summed E-state index contributed by atoms with van der Waals surface area (Å²) in [6, 6.07) is 0. The van der Waals surface area contributed by atoms with Crippen molar-refractivity contribution in [1.82, 2.24) is 19.5 Å². The second-order valence-electron chi connectivity index (χ2n) is 6.50. The summed E-state index contributed by atoms with van der Waals surface area (Å²) >= 11 is 0. The lowest BCUT2D eigenvalue weighted by atomic mass is 10.5. The van der Waals surface area contributed by atoms with Crippen LogP contribution in [0.5, 0.6) is 0 Å². The van der Waals surface area contributed by atoms with Gasteiger partial charge in [0.2, 0.25) is 13.6 Å². The first kappa shape index (κ1) is 27.2. The zero-order valence-corrected chi connectivity index (χ0v) is 19.8. The largest absolute Gasteiger partial charge is 0.510 e. The maximum absolute atomic E-state index is 12.9. The van der Waals surface area contributed by atoms with Crippen molar-refractivity contribution in [2.75, 3.05) is 45.5 Å². The topological polar surface area (TPSA) is 185 Å². The van der Waals surface area contributed by atoms with E-state index in [-0.39, 0.29) is 32.2 Å². The Morgan fingerprint density at radius 1 is 0.941 bits per heavy atom. The Bertz CT molecular complexity index is 942. The van der Waals surface area contributed by atoms with Crippen LogP contribution in [0.2, 0.25) is 0 Å². The molecule has 2 aromatic rings. The van der Waals surface area contributed by atoms with Gasteiger partial charge in [0.25, 0.3) is 0 Å². The van der Waals surface area contributed by atoms with Gasteiger partial charge in [-0.05, 0) is 12.8 Å². The van der Waals surface area contributed by atoms with Crippen molar-refractivity contribution in [3.05, 3.63) is 12.7 Å². The fourth-order valence-corrected chi connectivity index (χ4v) is 3.28. The molecule has 0 saturated carbocycles. The third-order valence-corrected chi connectivity index (χ3v) is 5.35. The fourth-order valence-electron chi connectivity index (χ4n) is 2.28. The van der Waals surface area contributed by atoms with Crippen LogP contribution in [0.15, 0.2) is 12.7 Å². The molecule has 0 fully saturated rings. The van der Waals surface area contributed by atoms with Crippen molar-refractivity contribution in [2.45, 2.75) is 33.2 Å². The molecule has 16 heteroatoms. The van der Waals surface area contributed by atoms with Crippen molar-refractivity contribution >= 4 is 36.9 Å². The molecule has 2 heterocycles. The first-order chi connectivity index (χ1) is 16.4. The number of hydrogen-bond donors (Lipinski definition) is 1. The van der Waals surface area contributed by atoms with Crippen LogP contribution in [-0.2, 0) is 43.8 Å². The maximum Gasteiger partial charge on any atom is 0.510 e. The molecule has 2 rings (SSSR count). The number of nitrogen functional groups attached to an aromatic ring is 1. The molecular formula is C18H28N5O10P. The summed E-state index contributed by atoms with van der Waals surface area (Å²) in [4.78, 5) is 34.9. The molecule has 190 valence electrons. The van der Waals surface area contributed by atoms with E-state index in [9.17, 15) is 14.2 Å². The molecule has 0 aromatic carbocycles. The van der Waals surface area contributed by atoms with Crippen molar-refractivity contribution in [3.63, 3.8) is 0 Å². The van der Waals surface area contributed by atoms with Crippen LogP contribution in [0.4, 0.5) is 15.4 Å². The summed E-state index contributed by atoms with van der Waals surface area (Å²) in [5.41, 5.74) is 6.70.